The lowest BCUT2D eigenvalue weighted by molar-refractivity contribution is -0.109. The van der Waals surface area contributed by atoms with Crippen LogP contribution in [0.4, 0.5) is 4.39 Å². The van der Waals surface area contributed by atoms with Gasteiger partial charge >= 0.3 is 13.4 Å². The Morgan fingerprint density at radius 1 is 1.41 bits per heavy atom. The monoisotopic (exact) mass is 497 g/mol. The molecule has 1 aromatic heterocycles. The Balaban J connectivity index is 2.22. The number of aromatic nitrogens is 2. The van der Waals surface area contributed by atoms with Crippen molar-refractivity contribution in [3.05, 3.63) is 32.6 Å². The molecule has 0 aromatic carbocycles. The van der Waals surface area contributed by atoms with Gasteiger partial charge < -0.3 is 10.2 Å². The summed E-state index contributed by atoms with van der Waals surface area (Å²) in [4.78, 5) is 37.0. The molecule has 1 saturated carbocycles. The molecule has 14 heteroatoms. The molecule has 0 aliphatic heterocycles. The zero-order valence-electron chi connectivity index (χ0n) is 18.3. The molecule has 11 nitrogen and oxygen atoms in total. The van der Waals surface area contributed by atoms with Gasteiger partial charge in [0.2, 0.25) is 0 Å². The summed E-state index contributed by atoms with van der Waals surface area (Å²) >= 11 is 0.983. The summed E-state index contributed by atoms with van der Waals surface area (Å²) in [6.45, 7) is 1.09. The molecular weight excluding hydrogens is 468 g/mol. The number of hydrogen-bond acceptors (Lipinski definition) is 9. The number of hydrogen-bond donors (Lipinski definition) is 3. The Morgan fingerprint density at radius 2 is 2.06 bits per heavy atom. The Morgan fingerprint density at radius 3 is 2.62 bits per heavy atom. The molecular formula is C18H29FN3O8PS. The maximum absolute atomic E-state index is 14.2. The number of nitrogens with zero attached hydrogens (tertiary/aromatic N) is 2. The van der Waals surface area contributed by atoms with Gasteiger partial charge in [0.25, 0.3) is 5.56 Å². The van der Waals surface area contributed by atoms with Crippen molar-refractivity contribution >= 4 is 24.6 Å². The lowest BCUT2D eigenvalue weighted by Crippen LogP contribution is -2.42. The minimum absolute atomic E-state index is 0.0673. The normalized spacial score (nSPS) is 27.6. The second-order valence-electron chi connectivity index (χ2n) is 7.94. The maximum atomic E-state index is 14.2. The van der Waals surface area contributed by atoms with Crippen LogP contribution in [-0.2, 0) is 18.4 Å². The molecule has 1 aliphatic rings. The van der Waals surface area contributed by atoms with Crippen molar-refractivity contribution in [2.24, 2.45) is 5.41 Å². The highest BCUT2D eigenvalue weighted by molar-refractivity contribution is 8.13. The molecule has 182 valence electrons. The van der Waals surface area contributed by atoms with E-state index in [1.807, 2.05) is 0 Å². The standard InChI is InChI=1S/C18H29FN3O8PS/c1-11-8-22(17(27)20-16(11)26)13-7-18(9-19,15(25)14(13)24)10-30-31(28,21(3)4)29-5-6-32-12(2)23/h8,13-15,24-25H,5-7,9-10H2,1-4H3,(H,20,26,27)/t13-,14?,15-,18+,31?/m1/s1. The fourth-order valence-electron chi connectivity index (χ4n) is 3.46. The van der Waals surface area contributed by atoms with E-state index in [0.29, 0.717) is 0 Å². The number of aliphatic hydroxyl groups is 2. The first-order valence-electron chi connectivity index (χ1n) is 9.81. The fraction of sp³-hybridized carbons (Fsp3) is 0.722. The molecule has 0 saturated heterocycles. The molecule has 5 atom stereocenters. The van der Waals surface area contributed by atoms with Crippen molar-refractivity contribution in [3.8, 4) is 0 Å². The zero-order valence-corrected chi connectivity index (χ0v) is 20.0. The largest absolute Gasteiger partial charge is 0.407 e. The molecule has 1 aromatic rings. The first-order chi connectivity index (χ1) is 14.9. The van der Waals surface area contributed by atoms with Crippen LogP contribution in [0.3, 0.4) is 0 Å². The SMILES string of the molecule is CC(=O)SCCOP(=O)(OC[C@@]1(CF)C[C@@H](n2cc(C)c(=O)[nH]c2=O)C(O)[C@H]1O)N(C)C. The zero-order chi connectivity index (χ0) is 24.3. The van der Waals surface area contributed by atoms with E-state index in [1.165, 1.54) is 38.8 Å². The van der Waals surface area contributed by atoms with Gasteiger partial charge in [-0.1, -0.05) is 11.8 Å². The molecule has 3 N–H and O–H groups in total. The van der Waals surface area contributed by atoms with Gasteiger partial charge in [-0.2, -0.15) is 0 Å². The minimum atomic E-state index is -3.89. The number of nitrogens with one attached hydrogen (secondary N) is 1. The van der Waals surface area contributed by atoms with Crippen LogP contribution in [0.25, 0.3) is 0 Å². The molecule has 2 rings (SSSR count). The first-order valence-corrected chi connectivity index (χ1v) is 12.3. The number of aliphatic hydroxyl groups excluding tert-OH is 2. The summed E-state index contributed by atoms with van der Waals surface area (Å²) in [7, 11) is -1.01. The molecule has 0 amide bonds. The predicted molar refractivity (Wildman–Crippen MR) is 116 cm³/mol. The van der Waals surface area contributed by atoms with Crippen LogP contribution in [0.15, 0.2) is 15.8 Å². The van der Waals surface area contributed by atoms with Crippen molar-refractivity contribution in [1.29, 1.82) is 0 Å². The molecule has 1 aliphatic carbocycles. The Hall–Kier alpha value is -1.34. The van der Waals surface area contributed by atoms with E-state index >= 15 is 0 Å². The molecule has 0 spiro atoms. The van der Waals surface area contributed by atoms with Crippen molar-refractivity contribution in [2.75, 3.05) is 39.7 Å². The summed E-state index contributed by atoms with van der Waals surface area (Å²) < 4.78 is 40.3. The van der Waals surface area contributed by atoms with E-state index in [-0.39, 0.29) is 29.5 Å². The molecule has 2 unspecified atom stereocenters. The number of thioether (sulfide) groups is 1. The molecule has 1 heterocycles. The summed E-state index contributed by atoms with van der Waals surface area (Å²) in [5.41, 5.74) is -2.87. The van der Waals surface area contributed by atoms with E-state index in [4.69, 9.17) is 9.05 Å². The van der Waals surface area contributed by atoms with E-state index < -0.39 is 55.9 Å². The first kappa shape index (κ1) is 26.9. The third-order valence-corrected chi connectivity index (χ3v) is 8.10. The average molecular weight is 497 g/mol. The predicted octanol–water partition coefficient (Wildman–Crippen LogP) is 0.450. The van der Waals surface area contributed by atoms with Crippen molar-refractivity contribution in [2.45, 2.75) is 38.5 Å². The third-order valence-electron chi connectivity index (χ3n) is 5.38. The Labute approximate surface area is 188 Å². The molecule has 0 radical (unpaired) electrons. The maximum Gasteiger partial charge on any atom is 0.407 e. The van der Waals surface area contributed by atoms with Crippen molar-refractivity contribution < 1.29 is 33.0 Å². The van der Waals surface area contributed by atoms with Crippen LogP contribution in [0.1, 0.15) is 24.9 Å². The third kappa shape index (κ3) is 5.77. The van der Waals surface area contributed by atoms with Crippen LogP contribution >= 0.6 is 19.5 Å². The lowest BCUT2D eigenvalue weighted by atomic mass is 9.86. The summed E-state index contributed by atoms with van der Waals surface area (Å²) in [5.74, 6) is 0.239. The average Bonchev–Trinajstić information content (AvgIpc) is 2.97. The Bertz CT molecular complexity index is 986. The van der Waals surface area contributed by atoms with Gasteiger partial charge in [-0.15, -0.1) is 0 Å². The van der Waals surface area contributed by atoms with Crippen molar-refractivity contribution in [1.82, 2.24) is 14.2 Å². The Kier molecular flexibility index (Phi) is 9.02. The van der Waals surface area contributed by atoms with Crippen LogP contribution < -0.4 is 11.2 Å². The number of carbonyl (C=O) groups is 1. The van der Waals surface area contributed by atoms with Crippen molar-refractivity contribution in [3.63, 3.8) is 0 Å². The number of carbonyl (C=O) groups excluding carboxylic acids is 1. The number of H-pyrrole nitrogens is 1. The van der Waals surface area contributed by atoms with Gasteiger partial charge in [-0.05, 0) is 27.4 Å². The van der Waals surface area contributed by atoms with Crippen LogP contribution in [0, 0.1) is 12.3 Å². The summed E-state index contributed by atoms with van der Waals surface area (Å²) in [6, 6.07) is -1.04. The van der Waals surface area contributed by atoms with E-state index in [2.05, 4.69) is 4.98 Å². The lowest BCUT2D eigenvalue weighted by Gasteiger charge is -2.32. The number of aryl methyl sites for hydroxylation is 1. The van der Waals surface area contributed by atoms with Crippen LogP contribution in [0.5, 0.6) is 0 Å². The molecule has 1 fully saturated rings. The highest BCUT2D eigenvalue weighted by Crippen LogP contribution is 2.54. The number of aromatic amines is 1. The topological polar surface area (TPSA) is 151 Å². The van der Waals surface area contributed by atoms with Gasteiger partial charge in [0.05, 0.1) is 37.4 Å². The number of halogens is 1. The quantitative estimate of drug-likeness (QED) is 0.307. The summed E-state index contributed by atoms with van der Waals surface area (Å²) in [5, 5.41) is 21.0. The highest BCUT2D eigenvalue weighted by atomic mass is 32.2. The number of rotatable bonds is 10. The van der Waals surface area contributed by atoms with Gasteiger partial charge in [0.15, 0.2) is 5.12 Å². The second-order valence-corrected chi connectivity index (χ2v) is 11.5. The summed E-state index contributed by atoms with van der Waals surface area (Å²) in [6.07, 6.45) is -2.16. The highest BCUT2D eigenvalue weighted by Gasteiger charge is 2.55. The molecule has 0 bridgehead atoms. The number of alkyl halides is 1. The minimum Gasteiger partial charge on any atom is -0.390 e. The van der Waals surface area contributed by atoms with E-state index in [0.717, 1.165) is 16.3 Å². The second kappa shape index (κ2) is 10.7. The van der Waals surface area contributed by atoms with E-state index in [1.54, 1.807) is 0 Å². The smallest absolute Gasteiger partial charge is 0.390 e. The van der Waals surface area contributed by atoms with Gasteiger partial charge in [0.1, 0.15) is 6.10 Å². The van der Waals surface area contributed by atoms with Crippen LogP contribution in [-0.4, -0.2) is 81.5 Å². The van der Waals surface area contributed by atoms with E-state index in [9.17, 15) is 33.6 Å². The van der Waals surface area contributed by atoms with Gasteiger partial charge in [0, 0.05) is 24.4 Å². The van der Waals surface area contributed by atoms with Gasteiger partial charge in [-0.3, -0.25) is 32.6 Å². The van der Waals surface area contributed by atoms with Crippen LogP contribution in [0.2, 0.25) is 0 Å². The fourth-order valence-corrected chi connectivity index (χ4v) is 5.32. The van der Waals surface area contributed by atoms with Gasteiger partial charge in [-0.25, -0.2) is 14.0 Å². The molecule has 32 heavy (non-hydrogen) atoms.